The molecule has 0 aliphatic carbocycles. The van der Waals surface area contributed by atoms with Crippen LogP contribution in [0.4, 0.5) is 0 Å². The van der Waals surface area contributed by atoms with Crippen LogP contribution in [0.1, 0.15) is 29.1 Å². The van der Waals surface area contributed by atoms with E-state index in [1.165, 1.54) is 4.90 Å². The van der Waals surface area contributed by atoms with Crippen molar-refractivity contribution >= 4 is 5.91 Å². The lowest BCUT2D eigenvalue weighted by Crippen LogP contribution is -2.30. The number of hydrogen-bond donors (Lipinski definition) is 0. The third kappa shape index (κ3) is 2.60. The monoisotopic (exact) mass is 221 g/mol. The highest BCUT2D eigenvalue weighted by Crippen LogP contribution is 2.12. The van der Waals surface area contributed by atoms with Crippen LogP contribution in [0.15, 0.2) is 4.42 Å². The summed E-state index contributed by atoms with van der Waals surface area (Å²) in [6, 6.07) is 2.08. The summed E-state index contributed by atoms with van der Waals surface area (Å²) in [5.41, 5.74) is 0.582. The molecule has 0 fully saturated rings. The molecule has 0 radical (unpaired) electrons. The topological polar surface area (TPSA) is 70.1 Å². The first-order chi connectivity index (χ1) is 7.45. The Bertz CT molecular complexity index is 431. The second-order valence-corrected chi connectivity index (χ2v) is 3.86. The van der Waals surface area contributed by atoms with E-state index in [0.717, 1.165) is 0 Å². The third-order valence-corrected chi connectivity index (χ3v) is 2.21. The Morgan fingerprint density at radius 1 is 1.62 bits per heavy atom. The summed E-state index contributed by atoms with van der Waals surface area (Å²) < 4.78 is 5.23. The van der Waals surface area contributed by atoms with Crippen molar-refractivity contribution in [2.45, 2.75) is 20.8 Å². The number of nitriles is 1. The fraction of sp³-hybridized carbons (Fsp3) is 0.545. The quantitative estimate of drug-likeness (QED) is 0.776. The first-order valence-electron chi connectivity index (χ1n) is 5.04. The molecule has 1 amide bonds. The first-order valence-corrected chi connectivity index (χ1v) is 5.04. The lowest BCUT2D eigenvalue weighted by molar-refractivity contribution is 0.0751. The molecular weight excluding hydrogens is 206 g/mol. The van der Waals surface area contributed by atoms with Gasteiger partial charge >= 0.3 is 0 Å². The Hall–Kier alpha value is -1.83. The molecule has 0 saturated carbocycles. The van der Waals surface area contributed by atoms with Crippen molar-refractivity contribution < 1.29 is 9.21 Å². The highest BCUT2D eigenvalue weighted by Gasteiger charge is 2.20. The predicted molar refractivity (Wildman–Crippen MR) is 57.7 cm³/mol. The largest absolute Gasteiger partial charge is 0.436 e. The van der Waals surface area contributed by atoms with Gasteiger partial charge in [0.1, 0.15) is 0 Å². The van der Waals surface area contributed by atoms with E-state index in [0.29, 0.717) is 18.1 Å². The van der Waals surface area contributed by atoms with Crippen molar-refractivity contribution in [1.29, 1.82) is 5.26 Å². The normalized spacial score (nSPS) is 11.9. The average molecular weight is 221 g/mol. The molecule has 5 nitrogen and oxygen atoms in total. The lowest BCUT2D eigenvalue weighted by Gasteiger charge is -2.16. The maximum atomic E-state index is 11.9. The fourth-order valence-electron chi connectivity index (χ4n) is 1.44. The highest BCUT2D eigenvalue weighted by molar-refractivity contribution is 5.92. The number of nitrogens with zero attached hydrogens (tertiary/aromatic N) is 3. The molecule has 0 saturated heterocycles. The fourth-order valence-corrected chi connectivity index (χ4v) is 1.44. The van der Waals surface area contributed by atoms with E-state index < -0.39 is 0 Å². The van der Waals surface area contributed by atoms with Gasteiger partial charge < -0.3 is 9.32 Å². The van der Waals surface area contributed by atoms with E-state index in [4.69, 9.17) is 9.68 Å². The zero-order chi connectivity index (χ0) is 12.3. The second-order valence-electron chi connectivity index (χ2n) is 3.86. The van der Waals surface area contributed by atoms with Crippen molar-refractivity contribution in [2.75, 3.05) is 13.6 Å². The standard InChI is InChI=1S/C11H15N3O2/c1-7(5-12)6-14(4)11(15)10-8(2)13-9(3)16-10/h7H,6H2,1-4H3. The molecule has 16 heavy (non-hydrogen) atoms. The number of carbonyl (C=O) groups is 1. The van der Waals surface area contributed by atoms with Crippen LogP contribution in [0, 0.1) is 31.1 Å². The van der Waals surface area contributed by atoms with Crippen LogP contribution in [-0.2, 0) is 0 Å². The first kappa shape index (κ1) is 12.2. The Morgan fingerprint density at radius 2 is 2.25 bits per heavy atom. The van der Waals surface area contributed by atoms with Crippen LogP contribution in [0.25, 0.3) is 0 Å². The number of carbonyl (C=O) groups excluding carboxylic acids is 1. The minimum absolute atomic E-state index is 0.196. The lowest BCUT2D eigenvalue weighted by atomic mass is 10.2. The number of amides is 1. The summed E-state index contributed by atoms with van der Waals surface area (Å²) in [6.07, 6.45) is 0. The van der Waals surface area contributed by atoms with Gasteiger partial charge in [-0.2, -0.15) is 5.26 Å². The molecule has 1 aromatic rings. The smallest absolute Gasteiger partial charge is 0.291 e. The van der Waals surface area contributed by atoms with Crippen LogP contribution >= 0.6 is 0 Å². The Kier molecular flexibility index (Phi) is 3.67. The molecule has 86 valence electrons. The molecule has 1 heterocycles. The second kappa shape index (κ2) is 4.79. The Morgan fingerprint density at radius 3 is 2.69 bits per heavy atom. The van der Waals surface area contributed by atoms with Crippen LogP contribution in [-0.4, -0.2) is 29.4 Å². The van der Waals surface area contributed by atoms with Crippen molar-refractivity contribution in [2.24, 2.45) is 5.92 Å². The van der Waals surface area contributed by atoms with Gasteiger partial charge in [0.2, 0.25) is 5.76 Å². The molecule has 1 unspecified atom stereocenters. The molecule has 0 aromatic carbocycles. The van der Waals surface area contributed by atoms with Crippen LogP contribution in [0.3, 0.4) is 0 Å². The molecule has 0 bridgehead atoms. The molecule has 0 aliphatic heterocycles. The van der Waals surface area contributed by atoms with Gasteiger partial charge in [0.15, 0.2) is 5.89 Å². The van der Waals surface area contributed by atoms with Crippen molar-refractivity contribution in [3.8, 4) is 6.07 Å². The maximum Gasteiger partial charge on any atom is 0.291 e. The van der Waals surface area contributed by atoms with E-state index in [1.807, 2.05) is 0 Å². The molecule has 1 aromatic heterocycles. The molecule has 1 rings (SSSR count). The number of aryl methyl sites for hydroxylation is 2. The van der Waals surface area contributed by atoms with Gasteiger partial charge in [-0.3, -0.25) is 4.79 Å². The zero-order valence-corrected chi connectivity index (χ0v) is 9.94. The van der Waals surface area contributed by atoms with Crippen LogP contribution < -0.4 is 0 Å². The molecular formula is C11H15N3O2. The van der Waals surface area contributed by atoms with E-state index in [9.17, 15) is 4.79 Å². The Labute approximate surface area is 94.7 Å². The summed E-state index contributed by atoms with van der Waals surface area (Å²) >= 11 is 0. The average Bonchev–Trinajstić information content (AvgIpc) is 2.56. The van der Waals surface area contributed by atoms with E-state index in [2.05, 4.69) is 11.1 Å². The van der Waals surface area contributed by atoms with Crippen LogP contribution in [0.5, 0.6) is 0 Å². The van der Waals surface area contributed by atoms with Gasteiger partial charge in [-0.25, -0.2) is 4.98 Å². The van der Waals surface area contributed by atoms with Gasteiger partial charge in [-0.15, -0.1) is 0 Å². The van der Waals surface area contributed by atoms with Crippen molar-refractivity contribution in [3.63, 3.8) is 0 Å². The zero-order valence-electron chi connectivity index (χ0n) is 9.94. The summed E-state index contributed by atoms with van der Waals surface area (Å²) in [5, 5.41) is 8.67. The van der Waals surface area contributed by atoms with E-state index >= 15 is 0 Å². The van der Waals surface area contributed by atoms with Gasteiger partial charge in [-0.1, -0.05) is 0 Å². The maximum absolute atomic E-state index is 11.9. The number of oxazole rings is 1. The van der Waals surface area contributed by atoms with E-state index in [1.54, 1.807) is 27.8 Å². The van der Waals surface area contributed by atoms with Crippen molar-refractivity contribution in [1.82, 2.24) is 9.88 Å². The van der Waals surface area contributed by atoms with Crippen LogP contribution in [0.2, 0.25) is 0 Å². The summed E-state index contributed by atoms with van der Waals surface area (Å²) in [4.78, 5) is 17.4. The Balaban J connectivity index is 2.79. The van der Waals surface area contributed by atoms with E-state index in [-0.39, 0.29) is 17.6 Å². The molecule has 0 aliphatic rings. The van der Waals surface area contributed by atoms with Gasteiger partial charge in [0, 0.05) is 20.5 Å². The van der Waals surface area contributed by atoms with Gasteiger partial charge in [0.25, 0.3) is 5.91 Å². The third-order valence-electron chi connectivity index (χ3n) is 2.21. The predicted octanol–water partition coefficient (Wildman–Crippen LogP) is 1.52. The summed E-state index contributed by atoms with van der Waals surface area (Å²) in [6.45, 7) is 5.57. The molecule has 0 spiro atoms. The number of rotatable bonds is 3. The molecule has 5 heteroatoms. The van der Waals surface area contributed by atoms with Gasteiger partial charge in [-0.05, 0) is 13.8 Å². The molecule has 0 N–H and O–H groups in total. The van der Waals surface area contributed by atoms with Gasteiger partial charge in [0.05, 0.1) is 17.7 Å². The van der Waals surface area contributed by atoms with Crippen molar-refractivity contribution in [3.05, 3.63) is 17.3 Å². The minimum Gasteiger partial charge on any atom is -0.436 e. The number of hydrogen-bond acceptors (Lipinski definition) is 4. The summed E-state index contributed by atoms with van der Waals surface area (Å²) in [7, 11) is 1.65. The summed E-state index contributed by atoms with van der Waals surface area (Å²) in [5.74, 6) is 0.297. The SMILES string of the molecule is Cc1nc(C)c(C(=O)N(C)CC(C)C#N)o1. The highest BCUT2D eigenvalue weighted by atomic mass is 16.4. The number of aromatic nitrogens is 1. The molecule has 1 atom stereocenters. The minimum atomic E-state index is -0.236.